The maximum Gasteiger partial charge on any atom is 0.469 e. The van der Waals surface area contributed by atoms with Gasteiger partial charge in [0.1, 0.15) is 30.5 Å². The zero-order chi connectivity index (χ0) is 47.4. The molecule has 0 rings (SSSR count). The first-order valence-corrected chi connectivity index (χ1v) is 21.2. The zero-order valence-electron chi connectivity index (χ0n) is 35.1. The third-order valence-electron chi connectivity index (χ3n) is 8.37. The predicted molar refractivity (Wildman–Crippen MR) is 220 cm³/mol. The number of nitrogens with zero attached hydrogens (tertiary/aromatic N) is 1. The molecule has 0 spiro atoms. The molecule has 0 saturated heterocycles. The predicted octanol–water partition coefficient (Wildman–Crippen LogP) is -6.83. The SMILES string of the molecule is CC(=O)NCCCC[C@H](NC(=O)[C@H](CCCN=C(N)N)NC(=O)[C@H](C)N)C(=O)N[C@@H](COP(=O)(O)O)C(=O)N[C@H](C(=O)NCC(=O)NCC(=O)N[C@H](C=O)CCCCN)[C@@H](C)O. The number of hydrogen-bond donors (Lipinski definition) is 15. The van der Waals surface area contributed by atoms with E-state index in [2.05, 4.69) is 52.1 Å². The number of nitrogens with two attached hydrogens (primary N) is 4. The first kappa shape index (κ1) is 56.7. The Balaban J connectivity index is 6.12. The first-order valence-electron chi connectivity index (χ1n) is 19.6. The second kappa shape index (κ2) is 30.7. The van der Waals surface area contributed by atoms with Crippen molar-refractivity contribution in [1.82, 2.24) is 42.5 Å². The van der Waals surface area contributed by atoms with Gasteiger partial charge in [0, 0.05) is 20.0 Å². The summed E-state index contributed by atoms with van der Waals surface area (Å²) in [4.78, 5) is 136. The van der Waals surface area contributed by atoms with Gasteiger partial charge in [-0.1, -0.05) is 0 Å². The molecule has 0 aromatic heterocycles. The van der Waals surface area contributed by atoms with Gasteiger partial charge in [-0.15, -0.1) is 0 Å². The number of hydrogen-bond acceptors (Lipinski definition) is 15. The Kier molecular flexibility index (Phi) is 28.0. The number of aliphatic hydroxyl groups is 1. The van der Waals surface area contributed by atoms with E-state index >= 15 is 0 Å². The number of aliphatic imine (C=N–C) groups is 1. The normalized spacial score (nSPS) is 14.5. The Labute approximate surface area is 358 Å². The Morgan fingerprint density at radius 2 is 1.26 bits per heavy atom. The van der Waals surface area contributed by atoms with Gasteiger partial charge in [0.05, 0.1) is 37.9 Å². The lowest BCUT2D eigenvalue weighted by Gasteiger charge is -2.27. The van der Waals surface area contributed by atoms with E-state index in [1.54, 1.807) is 0 Å². The fourth-order valence-corrected chi connectivity index (χ4v) is 5.44. The lowest BCUT2D eigenvalue weighted by molar-refractivity contribution is -0.136. The highest BCUT2D eigenvalue weighted by Crippen LogP contribution is 2.35. The molecule has 0 fully saturated rings. The molecule has 7 atom stereocenters. The summed E-state index contributed by atoms with van der Waals surface area (Å²) in [7, 11) is -5.30. The smallest absolute Gasteiger partial charge is 0.391 e. The first-order chi connectivity index (χ1) is 29.0. The van der Waals surface area contributed by atoms with E-state index in [1.807, 2.05) is 0 Å². The van der Waals surface area contributed by atoms with Crippen LogP contribution in [-0.4, -0.2) is 156 Å². The van der Waals surface area contributed by atoms with Crippen LogP contribution in [0.5, 0.6) is 0 Å². The van der Waals surface area contributed by atoms with Crippen molar-refractivity contribution in [2.24, 2.45) is 27.9 Å². The minimum Gasteiger partial charge on any atom is -0.391 e. The summed E-state index contributed by atoms with van der Waals surface area (Å²) >= 11 is 0. The van der Waals surface area contributed by atoms with Crippen molar-refractivity contribution < 1.29 is 67.1 Å². The average molecular weight is 910 g/mol. The third-order valence-corrected chi connectivity index (χ3v) is 8.86. The molecule has 0 aromatic rings. The number of aldehydes is 1. The number of guanidine groups is 1. The summed E-state index contributed by atoms with van der Waals surface area (Å²) in [6, 6.07) is -8.44. The maximum absolute atomic E-state index is 13.8. The molecule has 0 aromatic carbocycles. The number of aliphatic hydroxyl groups excluding tert-OH is 1. The molecule has 62 heavy (non-hydrogen) atoms. The molecule has 0 aliphatic heterocycles. The Morgan fingerprint density at radius 3 is 1.79 bits per heavy atom. The third kappa shape index (κ3) is 26.8. The van der Waals surface area contributed by atoms with E-state index in [4.69, 9.17) is 22.9 Å². The van der Waals surface area contributed by atoms with Crippen LogP contribution in [0.3, 0.4) is 0 Å². The molecule has 0 saturated carbocycles. The maximum atomic E-state index is 13.8. The summed E-state index contributed by atoms with van der Waals surface area (Å²) in [5.74, 6) is -7.27. The van der Waals surface area contributed by atoms with Crippen LogP contribution < -0.4 is 65.5 Å². The van der Waals surface area contributed by atoms with Gasteiger partial charge in [-0.3, -0.25) is 47.9 Å². The van der Waals surface area contributed by atoms with E-state index in [1.165, 1.54) is 13.8 Å². The number of phosphoric acid groups is 1. The molecule has 19 N–H and O–H groups in total. The number of unbranched alkanes of at least 4 members (excludes halogenated alkanes) is 2. The molecule has 28 heteroatoms. The van der Waals surface area contributed by atoms with Gasteiger partial charge in [0.25, 0.3) is 0 Å². The van der Waals surface area contributed by atoms with E-state index < -0.39 is 111 Å². The second-order valence-electron chi connectivity index (χ2n) is 14.0. The number of carbonyl (C=O) groups is 9. The molecule has 8 amide bonds. The highest BCUT2D eigenvalue weighted by Gasteiger charge is 2.34. The highest BCUT2D eigenvalue weighted by atomic mass is 31.2. The van der Waals surface area contributed by atoms with E-state index in [0.717, 1.165) is 6.92 Å². The van der Waals surface area contributed by atoms with E-state index in [0.29, 0.717) is 38.5 Å². The minimum atomic E-state index is -5.30. The molecular weight excluding hydrogens is 845 g/mol. The van der Waals surface area contributed by atoms with Crippen LogP contribution in [0.4, 0.5) is 0 Å². The molecule has 0 aliphatic carbocycles. The lowest BCUT2D eigenvalue weighted by atomic mass is 10.1. The lowest BCUT2D eigenvalue weighted by Crippen LogP contribution is -2.61. The van der Waals surface area contributed by atoms with Gasteiger partial charge in [-0.25, -0.2) is 4.57 Å². The van der Waals surface area contributed by atoms with Crippen molar-refractivity contribution in [2.75, 3.05) is 39.3 Å². The van der Waals surface area contributed by atoms with Gasteiger partial charge in [-0.2, -0.15) is 0 Å². The fraction of sp³-hybridized carbons (Fsp3) is 0.706. The Morgan fingerprint density at radius 1 is 0.710 bits per heavy atom. The molecule has 0 bridgehead atoms. The van der Waals surface area contributed by atoms with E-state index in [-0.39, 0.29) is 50.6 Å². The van der Waals surface area contributed by atoms with Gasteiger partial charge < -0.3 is 85.2 Å². The monoisotopic (exact) mass is 909 g/mol. The molecule has 0 aliphatic rings. The fourth-order valence-electron chi connectivity index (χ4n) is 5.10. The van der Waals surface area contributed by atoms with Crippen molar-refractivity contribution in [1.29, 1.82) is 0 Å². The summed E-state index contributed by atoms with van der Waals surface area (Å²) in [6.07, 6.45) is 0.916. The minimum absolute atomic E-state index is 0.0311. The van der Waals surface area contributed by atoms with Crippen LogP contribution in [0.15, 0.2) is 4.99 Å². The summed E-state index contributed by atoms with van der Waals surface area (Å²) in [5.41, 5.74) is 21.8. The van der Waals surface area contributed by atoms with Crippen molar-refractivity contribution in [3.8, 4) is 0 Å². The van der Waals surface area contributed by atoms with Crippen molar-refractivity contribution in [2.45, 2.75) is 114 Å². The van der Waals surface area contributed by atoms with Crippen molar-refractivity contribution in [3.05, 3.63) is 0 Å². The second-order valence-corrected chi connectivity index (χ2v) is 15.2. The zero-order valence-corrected chi connectivity index (χ0v) is 35.9. The van der Waals surface area contributed by atoms with Gasteiger partial charge in [0.2, 0.25) is 47.3 Å². The van der Waals surface area contributed by atoms with Crippen molar-refractivity contribution in [3.63, 3.8) is 0 Å². The molecule has 354 valence electrons. The number of rotatable bonds is 32. The standard InChI is InChI=1S/C34H64N13O14P/c1-19(36)29(53)44-24(11-8-14-40-34(37)38)30(54)45-23(10-5-7-13-39-21(3)50)31(55)46-25(18-61-62(58,59)60)32(56)47-28(20(2)49)33(57)42-15-26(51)41-16-27(52)43-22(17-48)9-4-6-12-35/h17,19-20,22-25,28,49H,4-16,18,35-36H2,1-3H3,(H,39,50)(H,41,51)(H,42,57)(H,43,52)(H,44,53)(H,45,54)(H,46,55)(H,47,56)(H4,37,38,40)(H2,58,59,60)/t19-,20+,22-,23-,24-,25-,28-/m0/s1. The summed E-state index contributed by atoms with van der Waals surface area (Å²) in [6.45, 7) is 1.88. The number of phosphoric ester groups is 1. The number of amides is 8. The van der Waals surface area contributed by atoms with Crippen molar-refractivity contribution >= 4 is 67.3 Å². The number of carbonyl (C=O) groups excluding carboxylic acids is 9. The molecular formula is C34H64N13O14P. The van der Waals surface area contributed by atoms with Gasteiger partial charge in [-0.05, 0) is 71.8 Å². The van der Waals surface area contributed by atoms with Crippen LogP contribution in [0.1, 0.15) is 72.1 Å². The molecule has 27 nitrogen and oxygen atoms in total. The average Bonchev–Trinajstić information content (AvgIpc) is 3.18. The van der Waals surface area contributed by atoms with E-state index in [9.17, 15) is 62.6 Å². The van der Waals surface area contributed by atoms with Gasteiger partial charge >= 0.3 is 7.82 Å². The van der Waals surface area contributed by atoms with Crippen LogP contribution in [0.2, 0.25) is 0 Å². The summed E-state index contributed by atoms with van der Waals surface area (Å²) in [5, 5.41) is 29.0. The summed E-state index contributed by atoms with van der Waals surface area (Å²) < 4.78 is 16.1. The molecule has 0 unspecified atom stereocenters. The molecule has 0 heterocycles. The van der Waals surface area contributed by atoms with Crippen LogP contribution >= 0.6 is 7.82 Å². The van der Waals surface area contributed by atoms with Crippen LogP contribution in [-0.2, 0) is 52.2 Å². The topological polar surface area (TPSA) is 453 Å². The molecule has 0 radical (unpaired) electrons. The Hall–Kier alpha value is -5.31. The highest BCUT2D eigenvalue weighted by molar-refractivity contribution is 7.46. The Bertz CT molecular complexity index is 1580. The van der Waals surface area contributed by atoms with Gasteiger partial charge in [0.15, 0.2) is 5.96 Å². The largest absolute Gasteiger partial charge is 0.469 e. The van der Waals surface area contributed by atoms with Crippen LogP contribution in [0, 0.1) is 0 Å². The quantitative estimate of drug-likeness (QED) is 0.00980. The number of nitrogens with one attached hydrogen (secondary N) is 8. The van der Waals surface area contributed by atoms with Crippen LogP contribution in [0.25, 0.3) is 0 Å².